The fraction of sp³-hybridized carbons (Fsp3) is 0.318. The zero-order chi connectivity index (χ0) is 21.2. The SMILES string of the molecule is CCCCOc1ccc(Br)cc1C=NNC(=O)CC(=O)Nc1ccc(C)c(C)c1. The Morgan fingerprint density at radius 3 is 2.62 bits per heavy atom. The molecule has 2 N–H and O–H groups in total. The predicted octanol–water partition coefficient (Wildman–Crippen LogP) is 4.72. The van der Waals surface area contributed by atoms with Crippen LogP contribution in [0.1, 0.15) is 42.9 Å². The van der Waals surface area contributed by atoms with Crippen LogP contribution in [-0.4, -0.2) is 24.6 Å². The fourth-order valence-electron chi connectivity index (χ4n) is 2.46. The summed E-state index contributed by atoms with van der Waals surface area (Å²) in [4.78, 5) is 24.0. The van der Waals surface area contributed by atoms with Crippen LogP contribution in [0.5, 0.6) is 5.75 Å². The Morgan fingerprint density at radius 2 is 1.90 bits per heavy atom. The van der Waals surface area contributed by atoms with Gasteiger partial charge in [-0.1, -0.05) is 35.3 Å². The van der Waals surface area contributed by atoms with E-state index in [0.29, 0.717) is 18.0 Å². The highest BCUT2D eigenvalue weighted by atomic mass is 79.9. The number of carbonyl (C=O) groups excluding carboxylic acids is 2. The zero-order valence-electron chi connectivity index (χ0n) is 16.9. The van der Waals surface area contributed by atoms with Crippen LogP contribution in [0.25, 0.3) is 0 Å². The van der Waals surface area contributed by atoms with Crippen LogP contribution >= 0.6 is 15.9 Å². The molecule has 0 spiro atoms. The topological polar surface area (TPSA) is 79.8 Å². The molecule has 0 atom stereocenters. The third-order valence-corrected chi connectivity index (χ3v) is 4.73. The Labute approximate surface area is 179 Å². The Morgan fingerprint density at radius 1 is 1.10 bits per heavy atom. The summed E-state index contributed by atoms with van der Waals surface area (Å²) in [6, 6.07) is 11.2. The van der Waals surface area contributed by atoms with Gasteiger partial charge in [-0.2, -0.15) is 5.10 Å². The summed E-state index contributed by atoms with van der Waals surface area (Å²) in [6.45, 7) is 6.68. The van der Waals surface area contributed by atoms with E-state index in [4.69, 9.17) is 4.74 Å². The number of ether oxygens (including phenoxy) is 1. The standard InChI is InChI=1S/C22H26BrN3O3/c1-4-5-10-29-20-9-7-18(23)12-17(20)14-24-26-22(28)13-21(27)25-19-8-6-15(2)16(3)11-19/h6-9,11-12,14H,4-5,10,13H2,1-3H3,(H,25,27)(H,26,28). The Bertz CT molecular complexity index is 897. The molecule has 2 aromatic carbocycles. The van der Waals surface area contributed by atoms with Crippen LogP contribution < -0.4 is 15.5 Å². The molecular weight excluding hydrogens is 434 g/mol. The quantitative estimate of drug-likeness (QED) is 0.246. The maximum absolute atomic E-state index is 12.0. The van der Waals surface area contributed by atoms with Gasteiger partial charge in [-0.25, -0.2) is 5.43 Å². The molecule has 0 unspecified atom stereocenters. The van der Waals surface area contributed by atoms with Crippen molar-refractivity contribution in [2.75, 3.05) is 11.9 Å². The molecule has 0 heterocycles. The number of nitrogens with one attached hydrogen (secondary N) is 2. The van der Waals surface area contributed by atoms with Crippen LogP contribution in [0.2, 0.25) is 0 Å². The molecule has 2 aromatic rings. The number of amides is 2. The molecular formula is C22H26BrN3O3. The second-order valence-electron chi connectivity index (χ2n) is 6.70. The van der Waals surface area contributed by atoms with Crippen molar-refractivity contribution in [1.82, 2.24) is 5.43 Å². The van der Waals surface area contributed by atoms with Crippen molar-refractivity contribution < 1.29 is 14.3 Å². The molecule has 0 fully saturated rings. The number of anilines is 1. The summed E-state index contributed by atoms with van der Waals surface area (Å²) in [5.41, 5.74) is 5.99. The van der Waals surface area contributed by atoms with Gasteiger partial charge in [0.2, 0.25) is 11.8 Å². The first-order valence-corrected chi connectivity index (χ1v) is 10.3. The number of benzene rings is 2. The van der Waals surface area contributed by atoms with E-state index in [9.17, 15) is 9.59 Å². The van der Waals surface area contributed by atoms with E-state index in [2.05, 4.69) is 38.7 Å². The molecule has 29 heavy (non-hydrogen) atoms. The van der Waals surface area contributed by atoms with E-state index in [1.807, 2.05) is 50.2 Å². The molecule has 154 valence electrons. The molecule has 6 nitrogen and oxygen atoms in total. The van der Waals surface area contributed by atoms with Gasteiger partial charge in [-0.3, -0.25) is 9.59 Å². The van der Waals surface area contributed by atoms with Gasteiger partial charge < -0.3 is 10.1 Å². The highest BCUT2D eigenvalue weighted by Crippen LogP contribution is 2.22. The second-order valence-corrected chi connectivity index (χ2v) is 7.62. The number of rotatable bonds is 9. The molecule has 0 saturated carbocycles. The Kier molecular flexibility index (Phi) is 8.86. The van der Waals surface area contributed by atoms with Crippen molar-refractivity contribution in [1.29, 1.82) is 0 Å². The van der Waals surface area contributed by atoms with Crippen molar-refractivity contribution >= 4 is 39.6 Å². The maximum Gasteiger partial charge on any atom is 0.249 e. The molecule has 0 aromatic heterocycles. The van der Waals surface area contributed by atoms with Crippen LogP contribution in [-0.2, 0) is 9.59 Å². The Balaban J connectivity index is 1.89. The number of unbranched alkanes of at least 4 members (excludes halogenated alkanes) is 1. The van der Waals surface area contributed by atoms with E-state index in [1.54, 1.807) is 0 Å². The average Bonchev–Trinajstić information content (AvgIpc) is 2.66. The number of hydrogen-bond acceptors (Lipinski definition) is 4. The van der Waals surface area contributed by atoms with Gasteiger partial charge in [-0.15, -0.1) is 0 Å². The van der Waals surface area contributed by atoms with Gasteiger partial charge in [0.25, 0.3) is 0 Å². The number of halogens is 1. The van der Waals surface area contributed by atoms with E-state index in [-0.39, 0.29) is 6.42 Å². The normalized spacial score (nSPS) is 10.8. The number of hydrazone groups is 1. The smallest absolute Gasteiger partial charge is 0.249 e. The minimum absolute atomic E-state index is 0.317. The highest BCUT2D eigenvalue weighted by Gasteiger charge is 2.10. The predicted molar refractivity (Wildman–Crippen MR) is 119 cm³/mol. The fourth-order valence-corrected chi connectivity index (χ4v) is 2.84. The lowest BCUT2D eigenvalue weighted by Gasteiger charge is -2.09. The molecule has 7 heteroatoms. The molecule has 0 aliphatic rings. The summed E-state index contributed by atoms with van der Waals surface area (Å²) in [5, 5.41) is 6.67. The van der Waals surface area contributed by atoms with E-state index >= 15 is 0 Å². The molecule has 2 amide bonds. The van der Waals surface area contributed by atoms with Gasteiger partial charge in [-0.05, 0) is 61.7 Å². The first kappa shape index (κ1) is 22.6. The number of aryl methyl sites for hydroxylation is 2. The first-order valence-electron chi connectivity index (χ1n) is 9.50. The third kappa shape index (κ3) is 7.69. The Hall–Kier alpha value is -2.67. The largest absolute Gasteiger partial charge is 0.493 e. The van der Waals surface area contributed by atoms with Crippen molar-refractivity contribution in [3.8, 4) is 5.75 Å². The molecule has 0 bridgehead atoms. The number of nitrogens with zero attached hydrogens (tertiary/aromatic N) is 1. The first-order chi connectivity index (χ1) is 13.9. The van der Waals surface area contributed by atoms with Gasteiger partial charge in [0.1, 0.15) is 12.2 Å². The van der Waals surface area contributed by atoms with Crippen molar-refractivity contribution in [2.24, 2.45) is 5.10 Å². The van der Waals surface area contributed by atoms with Gasteiger partial charge in [0.05, 0.1) is 12.8 Å². The molecule has 0 aliphatic heterocycles. The minimum atomic E-state index is -0.494. The van der Waals surface area contributed by atoms with Gasteiger partial charge in [0.15, 0.2) is 0 Å². The number of carbonyl (C=O) groups is 2. The van der Waals surface area contributed by atoms with Crippen LogP contribution in [0.4, 0.5) is 5.69 Å². The monoisotopic (exact) mass is 459 g/mol. The maximum atomic E-state index is 12.0. The van der Waals surface area contributed by atoms with E-state index in [0.717, 1.165) is 34.0 Å². The molecule has 0 aliphatic carbocycles. The summed E-state index contributed by atoms with van der Waals surface area (Å²) < 4.78 is 6.63. The van der Waals surface area contributed by atoms with E-state index < -0.39 is 11.8 Å². The molecule has 0 saturated heterocycles. The molecule has 2 rings (SSSR count). The van der Waals surface area contributed by atoms with Crippen molar-refractivity contribution in [3.05, 3.63) is 57.6 Å². The lowest BCUT2D eigenvalue weighted by molar-refractivity contribution is -0.126. The van der Waals surface area contributed by atoms with Crippen LogP contribution in [0.3, 0.4) is 0 Å². The van der Waals surface area contributed by atoms with E-state index in [1.165, 1.54) is 6.21 Å². The highest BCUT2D eigenvalue weighted by molar-refractivity contribution is 9.10. The lowest BCUT2D eigenvalue weighted by atomic mass is 10.1. The van der Waals surface area contributed by atoms with Crippen LogP contribution in [0, 0.1) is 13.8 Å². The summed E-state index contributed by atoms with van der Waals surface area (Å²) in [5.74, 6) is -0.204. The third-order valence-electron chi connectivity index (χ3n) is 4.23. The zero-order valence-corrected chi connectivity index (χ0v) is 18.5. The summed E-state index contributed by atoms with van der Waals surface area (Å²) in [6.07, 6.45) is 3.19. The summed E-state index contributed by atoms with van der Waals surface area (Å²) >= 11 is 3.42. The van der Waals surface area contributed by atoms with Crippen LogP contribution in [0.15, 0.2) is 46.0 Å². The lowest BCUT2D eigenvalue weighted by Crippen LogP contribution is -2.24. The van der Waals surface area contributed by atoms with Crippen molar-refractivity contribution in [2.45, 2.75) is 40.0 Å². The average molecular weight is 460 g/mol. The second kappa shape index (κ2) is 11.4. The van der Waals surface area contributed by atoms with Gasteiger partial charge >= 0.3 is 0 Å². The van der Waals surface area contributed by atoms with Crippen molar-refractivity contribution in [3.63, 3.8) is 0 Å². The minimum Gasteiger partial charge on any atom is -0.493 e. The molecule has 0 radical (unpaired) electrons. The summed E-state index contributed by atoms with van der Waals surface area (Å²) in [7, 11) is 0. The van der Waals surface area contributed by atoms with Gasteiger partial charge in [0, 0.05) is 15.7 Å². The number of hydrogen-bond donors (Lipinski definition) is 2.